The largest absolute Gasteiger partial charge is 0.326 e. The zero-order chi connectivity index (χ0) is 14.8. The number of benzene rings is 1. The van der Waals surface area contributed by atoms with Crippen LogP contribution in [0, 0.1) is 8.80 Å². The van der Waals surface area contributed by atoms with Crippen molar-refractivity contribution in [2.75, 3.05) is 10.6 Å². The van der Waals surface area contributed by atoms with Crippen LogP contribution >= 0.6 is 33.9 Å². The molecule has 0 aliphatic heterocycles. The molecule has 1 aromatic carbocycles. The molecule has 0 radical (unpaired) electrons. The van der Waals surface area contributed by atoms with Gasteiger partial charge in [-0.15, -0.1) is 11.3 Å². The monoisotopic (exact) mass is 412 g/mol. The van der Waals surface area contributed by atoms with Gasteiger partial charge in [0.2, 0.25) is 5.91 Å². The van der Waals surface area contributed by atoms with Gasteiger partial charge in [-0.1, -0.05) is 6.07 Å². The number of carbonyl (C=O) groups is 2. The minimum absolute atomic E-state index is 0.0610. The maximum absolute atomic E-state index is 12.1. The van der Waals surface area contributed by atoms with Gasteiger partial charge in [-0.05, 0) is 59.7 Å². The van der Waals surface area contributed by atoms with Gasteiger partial charge in [0, 0.05) is 22.7 Å². The molecular weight excluding hydrogens is 399 g/mol. The molecule has 4 nitrogen and oxygen atoms in total. The van der Waals surface area contributed by atoms with Gasteiger partial charge < -0.3 is 10.6 Å². The van der Waals surface area contributed by atoms with E-state index in [1.807, 2.05) is 29.6 Å². The summed E-state index contributed by atoms with van der Waals surface area (Å²) in [6, 6.07) is 9.07. The normalized spacial score (nSPS) is 13.8. The molecular formula is C15H13IN2O2S. The Kier molecular flexibility index (Phi) is 4.25. The summed E-state index contributed by atoms with van der Waals surface area (Å²) in [6.45, 7) is 0. The maximum atomic E-state index is 12.1. The standard InChI is InChI=1S/C15H13IN2O2S/c16-13-6-10(8-21-13)15(20)18-12-3-1-2-11(7-12)17-14(19)9-4-5-9/h1-3,6-9H,4-5H2,(H,17,19)(H,18,20). The summed E-state index contributed by atoms with van der Waals surface area (Å²) in [6.07, 6.45) is 1.94. The third-order valence-corrected chi connectivity index (χ3v) is 4.95. The van der Waals surface area contributed by atoms with Crippen molar-refractivity contribution in [2.24, 2.45) is 5.92 Å². The average Bonchev–Trinajstić information content (AvgIpc) is 3.21. The quantitative estimate of drug-likeness (QED) is 0.748. The van der Waals surface area contributed by atoms with Crippen LogP contribution in [-0.2, 0) is 4.79 Å². The van der Waals surface area contributed by atoms with E-state index in [0.717, 1.165) is 15.7 Å². The van der Waals surface area contributed by atoms with E-state index in [4.69, 9.17) is 0 Å². The molecule has 1 heterocycles. The Morgan fingerprint density at radius 2 is 1.86 bits per heavy atom. The highest BCUT2D eigenvalue weighted by Gasteiger charge is 2.29. The Morgan fingerprint density at radius 1 is 1.14 bits per heavy atom. The molecule has 6 heteroatoms. The van der Waals surface area contributed by atoms with Crippen LogP contribution in [0.2, 0.25) is 0 Å². The summed E-state index contributed by atoms with van der Waals surface area (Å²) >= 11 is 3.72. The van der Waals surface area contributed by atoms with Crippen LogP contribution < -0.4 is 10.6 Å². The third-order valence-electron chi connectivity index (χ3n) is 3.17. The Labute approximate surface area is 140 Å². The molecule has 1 aliphatic rings. The van der Waals surface area contributed by atoms with Crippen molar-refractivity contribution in [1.29, 1.82) is 0 Å². The SMILES string of the molecule is O=C(Nc1cccc(NC(=O)C2CC2)c1)c1csc(I)c1. The predicted octanol–water partition coefficient (Wildman–Crippen LogP) is 3.95. The summed E-state index contributed by atoms with van der Waals surface area (Å²) in [5.74, 6) is 0.0850. The van der Waals surface area contributed by atoms with Crippen LogP contribution in [0.5, 0.6) is 0 Å². The highest BCUT2D eigenvalue weighted by Crippen LogP contribution is 2.30. The molecule has 1 aliphatic carbocycles. The summed E-state index contributed by atoms with van der Waals surface area (Å²) in [7, 11) is 0. The van der Waals surface area contributed by atoms with Crippen molar-refractivity contribution >= 4 is 57.1 Å². The third kappa shape index (κ3) is 3.82. The number of anilines is 2. The van der Waals surface area contributed by atoms with Crippen molar-refractivity contribution in [2.45, 2.75) is 12.8 Å². The van der Waals surface area contributed by atoms with E-state index in [2.05, 4.69) is 33.2 Å². The lowest BCUT2D eigenvalue weighted by atomic mass is 10.2. The average molecular weight is 412 g/mol. The van der Waals surface area contributed by atoms with Gasteiger partial charge in [0.1, 0.15) is 0 Å². The van der Waals surface area contributed by atoms with Crippen LogP contribution in [0.4, 0.5) is 11.4 Å². The Hall–Kier alpha value is -1.41. The van der Waals surface area contributed by atoms with Crippen molar-refractivity contribution in [3.63, 3.8) is 0 Å². The van der Waals surface area contributed by atoms with Crippen LogP contribution in [0.1, 0.15) is 23.2 Å². The second-order valence-corrected chi connectivity index (χ2v) is 7.74. The van der Waals surface area contributed by atoms with Gasteiger partial charge in [-0.25, -0.2) is 0 Å². The van der Waals surface area contributed by atoms with Crippen LogP contribution in [-0.4, -0.2) is 11.8 Å². The first-order valence-electron chi connectivity index (χ1n) is 6.58. The Bertz CT molecular complexity index is 694. The number of hydrogen-bond acceptors (Lipinski definition) is 3. The molecule has 21 heavy (non-hydrogen) atoms. The summed E-state index contributed by atoms with van der Waals surface area (Å²) in [5.41, 5.74) is 2.04. The molecule has 1 saturated carbocycles. The van der Waals surface area contributed by atoms with E-state index in [1.165, 1.54) is 11.3 Å². The second-order valence-electron chi connectivity index (χ2n) is 4.94. The minimum Gasteiger partial charge on any atom is -0.326 e. The number of hydrogen-bond donors (Lipinski definition) is 2. The predicted molar refractivity (Wildman–Crippen MR) is 92.8 cm³/mol. The number of amides is 2. The molecule has 0 spiro atoms. The van der Waals surface area contributed by atoms with Gasteiger partial charge >= 0.3 is 0 Å². The van der Waals surface area contributed by atoms with E-state index in [1.54, 1.807) is 6.07 Å². The van der Waals surface area contributed by atoms with E-state index in [0.29, 0.717) is 16.9 Å². The molecule has 1 aromatic heterocycles. The topological polar surface area (TPSA) is 58.2 Å². The van der Waals surface area contributed by atoms with Gasteiger partial charge in [0.25, 0.3) is 5.91 Å². The number of nitrogens with one attached hydrogen (secondary N) is 2. The molecule has 108 valence electrons. The number of thiophene rings is 1. The Balaban J connectivity index is 1.67. The summed E-state index contributed by atoms with van der Waals surface area (Å²) in [5, 5.41) is 7.54. The molecule has 0 atom stereocenters. The molecule has 1 fully saturated rings. The Morgan fingerprint density at radius 3 is 2.48 bits per heavy atom. The first-order valence-corrected chi connectivity index (χ1v) is 8.54. The van der Waals surface area contributed by atoms with Gasteiger partial charge in [-0.3, -0.25) is 9.59 Å². The van der Waals surface area contributed by atoms with Gasteiger partial charge in [0.15, 0.2) is 0 Å². The minimum atomic E-state index is -0.139. The number of rotatable bonds is 4. The fraction of sp³-hybridized carbons (Fsp3) is 0.200. The van der Waals surface area contributed by atoms with E-state index in [-0.39, 0.29) is 17.7 Å². The van der Waals surface area contributed by atoms with Crippen LogP contribution in [0.25, 0.3) is 0 Å². The molecule has 2 aromatic rings. The van der Waals surface area contributed by atoms with E-state index in [9.17, 15) is 9.59 Å². The van der Waals surface area contributed by atoms with Crippen LogP contribution in [0.3, 0.4) is 0 Å². The molecule has 0 saturated heterocycles. The van der Waals surface area contributed by atoms with Crippen LogP contribution in [0.15, 0.2) is 35.7 Å². The van der Waals surface area contributed by atoms with Crippen molar-refractivity contribution in [1.82, 2.24) is 0 Å². The van der Waals surface area contributed by atoms with E-state index >= 15 is 0 Å². The zero-order valence-electron chi connectivity index (χ0n) is 11.1. The molecule has 2 amide bonds. The van der Waals surface area contributed by atoms with Crippen molar-refractivity contribution < 1.29 is 9.59 Å². The highest BCUT2D eigenvalue weighted by atomic mass is 127. The highest BCUT2D eigenvalue weighted by molar-refractivity contribution is 14.1. The maximum Gasteiger partial charge on any atom is 0.256 e. The summed E-state index contributed by atoms with van der Waals surface area (Å²) in [4.78, 5) is 23.8. The molecule has 2 N–H and O–H groups in total. The molecule has 0 bridgehead atoms. The number of carbonyl (C=O) groups excluding carboxylic acids is 2. The molecule has 0 unspecified atom stereocenters. The lowest BCUT2D eigenvalue weighted by molar-refractivity contribution is -0.117. The first-order chi connectivity index (χ1) is 10.1. The van der Waals surface area contributed by atoms with Gasteiger partial charge in [-0.2, -0.15) is 0 Å². The zero-order valence-corrected chi connectivity index (χ0v) is 14.0. The van der Waals surface area contributed by atoms with Crippen molar-refractivity contribution in [3.8, 4) is 0 Å². The molecule has 3 rings (SSSR count). The lowest BCUT2D eigenvalue weighted by Gasteiger charge is -2.08. The first kappa shape index (κ1) is 14.5. The van der Waals surface area contributed by atoms with Gasteiger partial charge in [0.05, 0.1) is 8.45 Å². The number of halogens is 1. The fourth-order valence-electron chi connectivity index (χ4n) is 1.90. The lowest BCUT2D eigenvalue weighted by Crippen LogP contribution is -2.14. The van der Waals surface area contributed by atoms with E-state index < -0.39 is 0 Å². The van der Waals surface area contributed by atoms with Crippen molar-refractivity contribution in [3.05, 3.63) is 44.2 Å². The second kappa shape index (κ2) is 6.15. The smallest absolute Gasteiger partial charge is 0.256 e. The fourth-order valence-corrected chi connectivity index (χ4v) is 3.22. The summed E-state index contributed by atoms with van der Waals surface area (Å²) < 4.78 is 1.07.